The van der Waals surface area contributed by atoms with Crippen LogP contribution in [-0.4, -0.2) is 17.0 Å². The Morgan fingerprint density at radius 1 is 1.33 bits per heavy atom. The van der Waals surface area contributed by atoms with Crippen LogP contribution in [0.25, 0.3) is 0 Å². The lowest BCUT2D eigenvalue weighted by Gasteiger charge is -2.34. The quantitative estimate of drug-likeness (QED) is 0.798. The molecule has 4 nitrogen and oxygen atoms in total. The highest BCUT2D eigenvalue weighted by molar-refractivity contribution is 5.84. The fourth-order valence-electron chi connectivity index (χ4n) is 1.90. The molecule has 0 bridgehead atoms. The van der Waals surface area contributed by atoms with E-state index in [1.165, 1.54) is 24.5 Å². The molecule has 1 atom stereocenters. The fourth-order valence-corrected chi connectivity index (χ4v) is 1.90. The maximum absolute atomic E-state index is 13.0. The number of halogens is 3. The number of hydrogen-bond donors (Lipinski definition) is 2. The topological polar surface area (TPSA) is 77.3 Å². The third-order valence-electron chi connectivity index (χ3n) is 2.78. The average molecular weight is 256 g/mol. The van der Waals surface area contributed by atoms with Gasteiger partial charge in [-0.05, 0) is 11.6 Å². The Morgan fingerprint density at radius 2 is 2.06 bits per heavy atom. The second-order valence-electron chi connectivity index (χ2n) is 4.05. The van der Waals surface area contributed by atoms with Crippen LogP contribution < -0.4 is 11.5 Å². The van der Waals surface area contributed by atoms with Gasteiger partial charge in [-0.1, -0.05) is 6.07 Å². The Hall–Kier alpha value is -1.89. The smallest absolute Gasteiger partial charge is 0.387 e. The van der Waals surface area contributed by atoms with Crippen LogP contribution in [0.1, 0.15) is 12.0 Å². The molecule has 96 valence electrons. The summed E-state index contributed by atoms with van der Waals surface area (Å²) in [5.74, 6) is 0.0642. The molecule has 0 aliphatic carbocycles. The molecular formula is C11H11F3N4. The van der Waals surface area contributed by atoms with E-state index in [0.29, 0.717) is 6.20 Å². The number of rotatable bonds is 1. The Kier molecular flexibility index (Phi) is 2.86. The van der Waals surface area contributed by atoms with E-state index < -0.39 is 17.3 Å². The monoisotopic (exact) mass is 256 g/mol. The molecule has 18 heavy (non-hydrogen) atoms. The van der Waals surface area contributed by atoms with E-state index in [1.54, 1.807) is 0 Å². The second-order valence-corrected chi connectivity index (χ2v) is 4.05. The molecule has 4 N–H and O–H groups in total. The number of amidine groups is 1. The summed E-state index contributed by atoms with van der Waals surface area (Å²) in [6.07, 6.45) is -1.30. The standard InChI is InChI=1S/C11H11F3N4/c12-11(13,14)8-6-18-9(15)4-10(8,16)7-2-1-3-17-5-7/h1-3,5-6H,4,16H2,(H2,15,18). The van der Waals surface area contributed by atoms with Gasteiger partial charge in [0.15, 0.2) is 0 Å². The van der Waals surface area contributed by atoms with Gasteiger partial charge in [0.1, 0.15) is 5.84 Å². The van der Waals surface area contributed by atoms with Gasteiger partial charge in [0, 0.05) is 25.0 Å². The molecule has 0 saturated heterocycles. The maximum Gasteiger partial charge on any atom is 0.416 e. The van der Waals surface area contributed by atoms with E-state index in [0.717, 1.165) is 0 Å². The first-order valence-corrected chi connectivity index (χ1v) is 5.13. The Bertz CT molecular complexity index is 507. The molecule has 2 rings (SSSR count). The summed E-state index contributed by atoms with van der Waals surface area (Å²) in [5, 5.41) is 0. The van der Waals surface area contributed by atoms with Crippen LogP contribution in [0.2, 0.25) is 0 Å². The molecule has 1 unspecified atom stereocenters. The Morgan fingerprint density at radius 3 is 2.61 bits per heavy atom. The molecular weight excluding hydrogens is 245 g/mol. The van der Waals surface area contributed by atoms with Gasteiger partial charge in [0.25, 0.3) is 0 Å². The lowest BCUT2D eigenvalue weighted by atomic mass is 9.80. The van der Waals surface area contributed by atoms with Gasteiger partial charge in [0.2, 0.25) is 0 Å². The van der Waals surface area contributed by atoms with Crippen LogP contribution in [-0.2, 0) is 5.54 Å². The van der Waals surface area contributed by atoms with Crippen molar-refractivity contribution in [3.8, 4) is 0 Å². The van der Waals surface area contributed by atoms with E-state index >= 15 is 0 Å². The number of hydrogen-bond acceptors (Lipinski definition) is 4. The normalized spacial score (nSPS) is 24.4. The van der Waals surface area contributed by atoms with Crippen LogP contribution in [0.15, 0.2) is 41.3 Å². The van der Waals surface area contributed by atoms with Crippen molar-refractivity contribution in [1.29, 1.82) is 0 Å². The van der Waals surface area contributed by atoms with Gasteiger partial charge in [0.05, 0.1) is 11.1 Å². The third-order valence-corrected chi connectivity index (χ3v) is 2.78. The minimum Gasteiger partial charge on any atom is -0.387 e. The Balaban J connectivity index is 2.55. The first-order chi connectivity index (χ1) is 8.34. The van der Waals surface area contributed by atoms with E-state index in [1.807, 2.05) is 0 Å². The molecule has 0 spiro atoms. The molecule has 1 aromatic heterocycles. The highest BCUT2D eigenvalue weighted by Gasteiger charge is 2.49. The highest BCUT2D eigenvalue weighted by atomic mass is 19.4. The summed E-state index contributed by atoms with van der Waals surface area (Å²) in [7, 11) is 0. The van der Waals surface area contributed by atoms with E-state index in [9.17, 15) is 13.2 Å². The zero-order valence-corrected chi connectivity index (χ0v) is 9.28. The zero-order chi connectivity index (χ0) is 13.4. The number of aliphatic imine (C=N–C) groups is 1. The van der Waals surface area contributed by atoms with Gasteiger partial charge in [-0.3, -0.25) is 4.98 Å². The third kappa shape index (κ3) is 2.08. The summed E-state index contributed by atoms with van der Waals surface area (Å²) < 4.78 is 38.9. The lowest BCUT2D eigenvalue weighted by molar-refractivity contribution is -0.101. The van der Waals surface area contributed by atoms with Crippen LogP contribution in [0.4, 0.5) is 13.2 Å². The molecule has 2 heterocycles. The van der Waals surface area contributed by atoms with Gasteiger partial charge in [-0.2, -0.15) is 13.2 Å². The Labute approximate surface area is 101 Å². The van der Waals surface area contributed by atoms with Gasteiger partial charge in [-0.15, -0.1) is 0 Å². The van der Waals surface area contributed by atoms with Gasteiger partial charge >= 0.3 is 6.18 Å². The van der Waals surface area contributed by atoms with E-state index in [4.69, 9.17) is 11.5 Å². The first-order valence-electron chi connectivity index (χ1n) is 5.13. The molecule has 1 aliphatic heterocycles. The molecule has 0 saturated carbocycles. The van der Waals surface area contributed by atoms with Crippen molar-refractivity contribution in [3.05, 3.63) is 41.9 Å². The summed E-state index contributed by atoms with van der Waals surface area (Å²) in [6, 6.07) is 3.02. The number of aromatic nitrogens is 1. The summed E-state index contributed by atoms with van der Waals surface area (Å²) in [5.41, 5.74) is 9.00. The van der Waals surface area contributed by atoms with Crippen LogP contribution in [0, 0.1) is 0 Å². The number of nitrogens with zero attached hydrogens (tertiary/aromatic N) is 2. The SMILES string of the molecule is NC1=NC=C(C(F)(F)F)C(N)(c2cccnc2)C1. The minimum absolute atomic E-state index is 0.0642. The number of alkyl halides is 3. The zero-order valence-electron chi connectivity index (χ0n) is 9.28. The number of pyridine rings is 1. The molecule has 1 aliphatic rings. The summed E-state index contributed by atoms with van der Waals surface area (Å²) >= 11 is 0. The van der Waals surface area contributed by atoms with Crippen molar-refractivity contribution in [1.82, 2.24) is 4.98 Å². The van der Waals surface area contributed by atoms with Gasteiger partial charge in [-0.25, -0.2) is 4.99 Å². The minimum atomic E-state index is -4.56. The predicted octanol–water partition coefficient (Wildman–Crippen LogP) is 1.44. The number of nitrogens with two attached hydrogens (primary N) is 2. The van der Waals surface area contributed by atoms with Crippen molar-refractivity contribution in [2.75, 3.05) is 0 Å². The molecule has 1 aromatic rings. The second kappa shape index (κ2) is 4.09. The molecule has 7 heteroatoms. The largest absolute Gasteiger partial charge is 0.416 e. The van der Waals surface area contributed by atoms with Crippen LogP contribution in [0.5, 0.6) is 0 Å². The average Bonchev–Trinajstić information content (AvgIpc) is 2.28. The van der Waals surface area contributed by atoms with Crippen LogP contribution >= 0.6 is 0 Å². The van der Waals surface area contributed by atoms with Gasteiger partial charge < -0.3 is 11.5 Å². The van der Waals surface area contributed by atoms with Crippen molar-refractivity contribution in [2.45, 2.75) is 18.1 Å². The van der Waals surface area contributed by atoms with Crippen molar-refractivity contribution >= 4 is 5.84 Å². The van der Waals surface area contributed by atoms with E-state index in [2.05, 4.69) is 9.98 Å². The fraction of sp³-hybridized carbons (Fsp3) is 0.273. The summed E-state index contributed by atoms with van der Waals surface area (Å²) in [4.78, 5) is 7.30. The van der Waals surface area contributed by atoms with Crippen molar-refractivity contribution in [3.63, 3.8) is 0 Å². The highest BCUT2D eigenvalue weighted by Crippen LogP contribution is 2.42. The molecule has 0 aromatic carbocycles. The first kappa shape index (κ1) is 12.6. The molecule has 0 amide bonds. The molecule has 0 fully saturated rings. The molecule has 0 radical (unpaired) electrons. The maximum atomic E-state index is 13.0. The van der Waals surface area contributed by atoms with Crippen LogP contribution in [0.3, 0.4) is 0 Å². The van der Waals surface area contributed by atoms with Crippen molar-refractivity contribution < 1.29 is 13.2 Å². The predicted molar refractivity (Wildman–Crippen MR) is 60.5 cm³/mol. The van der Waals surface area contributed by atoms with Crippen molar-refractivity contribution in [2.24, 2.45) is 16.5 Å². The van der Waals surface area contributed by atoms with E-state index in [-0.39, 0.29) is 17.8 Å². The summed E-state index contributed by atoms with van der Waals surface area (Å²) in [6.45, 7) is 0. The lowest BCUT2D eigenvalue weighted by Crippen LogP contribution is -2.48.